The SMILES string of the molecule is C=CC[C@]1(O)O[C@H](COC(C)=O)[C@H](OC(C)=O)[C@H](OC(C)=O)[C@H]1OC(C)=O. The second-order valence-corrected chi connectivity index (χ2v) is 5.97. The molecule has 0 spiro atoms. The van der Waals surface area contributed by atoms with Gasteiger partial charge in [-0.3, -0.25) is 19.2 Å². The molecule has 0 aliphatic carbocycles. The van der Waals surface area contributed by atoms with Crippen LogP contribution in [0.5, 0.6) is 0 Å². The minimum Gasteiger partial charge on any atom is -0.463 e. The van der Waals surface area contributed by atoms with Crippen LogP contribution in [0.15, 0.2) is 12.7 Å². The molecule has 0 radical (unpaired) electrons. The average Bonchev–Trinajstić information content (AvgIpc) is 2.51. The number of hydrogen-bond acceptors (Lipinski definition) is 10. The van der Waals surface area contributed by atoms with Gasteiger partial charge in [-0.05, 0) is 0 Å². The van der Waals surface area contributed by atoms with Gasteiger partial charge in [-0.25, -0.2) is 0 Å². The highest BCUT2D eigenvalue weighted by molar-refractivity contribution is 5.68. The normalized spacial score (nSPS) is 30.0. The maximum atomic E-state index is 11.6. The third-order valence-electron chi connectivity index (χ3n) is 3.57. The first-order valence-corrected chi connectivity index (χ1v) is 8.16. The van der Waals surface area contributed by atoms with Crippen LogP contribution in [0.2, 0.25) is 0 Å². The molecule has 10 heteroatoms. The van der Waals surface area contributed by atoms with Crippen LogP contribution in [0.25, 0.3) is 0 Å². The van der Waals surface area contributed by atoms with E-state index < -0.39 is 60.7 Å². The summed E-state index contributed by atoms with van der Waals surface area (Å²) in [6.45, 7) is 7.55. The molecule has 0 aromatic rings. The van der Waals surface area contributed by atoms with E-state index in [4.69, 9.17) is 23.7 Å². The lowest BCUT2D eigenvalue weighted by molar-refractivity contribution is -0.350. The second kappa shape index (κ2) is 9.47. The highest BCUT2D eigenvalue weighted by atomic mass is 16.7. The maximum absolute atomic E-state index is 11.6. The van der Waals surface area contributed by atoms with Gasteiger partial charge in [-0.2, -0.15) is 0 Å². The zero-order valence-electron chi connectivity index (χ0n) is 15.6. The molecule has 27 heavy (non-hydrogen) atoms. The number of carbonyl (C=O) groups is 4. The summed E-state index contributed by atoms with van der Waals surface area (Å²) in [4.78, 5) is 45.8. The van der Waals surface area contributed by atoms with Crippen LogP contribution in [0, 0.1) is 0 Å². The minimum atomic E-state index is -2.16. The number of carbonyl (C=O) groups excluding carboxylic acids is 4. The van der Waals surface area contributed by atoms with Gasteiger partial charge in [0.15, 0.2) is 18.3 Å². The molecule has 1 N–H and O–H groups in total. The van der Waals surface area contributed by atoms with E-state index in [9.17, 15) is 24.3 Å². The Morgan fingerprint density at radius 2 is 1.48 bits per heavy atom. The lowest BCUT2D eigenvalue weighted by Gasteiger charge is -2.48. The van der Waals surface area contributed by atoms with Crippen molar-refractivity contribution in [3.8, 4) is 0 Å². The molecule has 1 saturated heterocycles. The third kappa shape index (κ3) is 6.33. The molecule has 10 nitrogen and oxygen atoms in total. The second-order valence-electron chi connectivity index (χ2n) is 5.97. The first kappa shape index (κ1) is 22.6. The molecule has 1 aliphatic rings. The summed E-state index contributed by atoms with van der Waals surface area (Å²) in [6, 6.07) is 0. The summed E-state index contributed by atoms with van der Waals surface area (Å²) >= 11 is 0. The summed E-state index contributed by atoms with van der Waals surface area (Å²) < 4.78 is 25.9. The van der Waals surface area contributed by atoms with Crippen molar-refractivity contribution in [2.75, 3.05) is 6.61 Å². The van der Waals surface area contributed by atoms with E-state index in [-0.39, 0.29) is 6.42 Å². The molecule has 0 amide bonds. The molecule has 1 rings (SSSR count). The predicted octanol–water partition coefficient (Wildman–Crippen LogP) is 0.00810. The Bertz CT molecular complexity index is 601. The summed E-state index contributed by atoms with van der Waals surface area (Å²) in [7, 11) is 0. The Labute approximate surface area is 156 Å². The summed E-state index contributed by atoms with van der Waals surface area (Å²) in [6.07, 6.45) is -4.34. The smallest absolute Gasteiger partial charge is 0.303 e. The van der Waals surface area contributed by atoms with Gasteiger partial charge in [-0.1, -0.05) is 6.08 Å². The Kier molecular flexibility index (Phi) is 7.92. The monoisotopic (exact) mass is 388 g/mol. The molecular formula is C17H24O10. The lowest BCUT2D eigenvalue weighted by Crippen LogP contribution is -2.68. The molecule has 0 bridgehead atoms. The van der Waals surface area contributed by atoms with Crippen molar-refractivity contribution >= 4 is 23.9 Å². The maximum Gasteiger partial charge on any atom is 0.303 e. The molecule has 152 valence electrons. The Morgan fingerprint density at radius 1 is 0.963 bits per heavy atom. The van der Waals surface area contributed by atoms with Crippen LogP contribution in [0.1, 0.15) is 34.1 Å². The van der Waals surface area contributed by atoms with Crippen molar-refractivity contribution in [1.29, 1.82) is 0 Å². The van der Waals surface area contributed by atoms with Crippen molar-refractivity contribution in [3.63, 3.8) is 0 Å². The summed E-state index contributed by atoms with van der Waals surface area (Å²) in [5, 5.41) is 10.9. The molecule has 0 aromatic carbocycles. The van der Waals surface area contributed by atoms with E-state index >= 15 is 0 Å². The topological polar surface area (TPSA) is 135 Å². The Morgan fingerprint density at radius 3 is 1.93 bits per heavy atom. The first-order valence-electron chi connectivity index (χ1n) is 8.16. The van der Waals surface area contributed by atoms with E-state index in [1.807, 2.05) is 0 Å². The van der Waals surface area contributed by atoms with Crippen molar-refractivity contribution in [3.05, 3.63) is 12.7 Å². The minimum absolute atomic E-state index is 0.216. The summed E-state index contributed by atoms with van der Waals surface area (Å²) in [5.41, 5.74) is 0. The van der Waals surface area contributed by atoms with E-state index in [0.717, 1.165) is 27.7 Å². The van der Waals surface area contributed by atoms with Crippen LogP contribution in [0.4, 0.5) is 0 Å². The Hall–Kier alpha value is -2.46. The molecule has 0 unspecified atom stereocenters. The third-order valence-corrected chi connectivity index (χ3v) is 3.57. The largest absolute Gasteiger partial charge is 0.463 e. The molecule has 5 atom stereocenters. The van der Waals surface area contributed by atoms with Gasteiger partial charge in [-0.15, -0.1) is 6.58 Å². The van der Waals surface area contributed by atoms with Crippen LogP contribution in [-0.2, 0) is 42.9 Å². The van der Waals surface area contributed by atoms with E-state index in [1.165, 1.54) is 6.08 Å². The van der Waals surface area contributed by atoms with Gasteiger partial charge in [0.1, 0.15) is 12.7 Å². The summed E-state index contributed by atoms with van der Waals surface area (Å²) in [5.74, 6) is -5.11. The van der Waals surface area contributed by atoms with Gasteiger partial charge in [0.05, 0.1) is 0 Å². The molecular weight excluding hydrogens is 364 g/mol. The Balaban J connectivity index is 3.38. The number of hydrogen-bond donors (Lipinski definition) is 1. The van der Waals surface area contributed by atoms with E-state index in [2.05, 4.69) is 6.58 Å². The molecule has 0 saturated carbocycles. The van der Waals surface area contributed by atoms with Crippen LogP contribution in [0.3, 0.4) is 0 Å². The number of ether oxygens (including phenoxy) is 5. The van der Waals surface area contributed by atoms with E-state index in [0.29, 0.717) is 0 Å². The quantitative estimate of drug-likeness (QED) is 0.361. The van der Waals surface area contributed by atoms with Crippen LogP contribution in [-0.4, -0.2) is 65.8 Å². The van der Waals surface area contributed by atoms with Gasteiger partial charge < -0.3 is 28.8 Å². The number of aliphatic hydroxyl groups is 1. The van der Waals surface area contributed by atoms with Crippen molar-refractivity contribution in [2.45, 2.75) is 64.3 Å². The lowest BCUT2D eigenvalue weighted by atomic mass is 9.90. The highest BCUT2D eigenvalue weighted by Crippen LogP contribution is 2.36. The average molecular weight is 388 g/mol. The zero-order chi connectivity index (χ0) is 20.8. The van der Waals surface area contributed by atoms with Gasteiger partial charge >= 0.3 is 23.9 Å². The fourth-order valence-corrected chi connectivity index (χ4v) is 2.73. The predicted molar refractivity (Wildman–Crippen MR) is 87.9 cm³/mol. The highest BCUT2D eigenvalue weighted by Gasteiger charge is 2.58. The first-order chi connectivity index (χ1) is 12.5. The molecule has 1 heterocycles. The fraction of sp³-hybridized carbons (Fsp3) is 0.647. The molecule has 1 fully saturated rings. The van der Waals surface area contributed by atoms with Gasteiger partial charge in [0.2, 0.25) is 5.79 Å². The van der Waals surface area contributed by atoms with Crippen molar-refractivity contribution < 1.29 is 48.0 Å². The van der Waals surface area contributed by atoms with Gasteiger partial charge in [0, 0.05) is 34.1 Å². The van der Waals surface area contributed by atoms with E-state index in [1.54, 1.807) is 0 Å². The van der Waals surface area contributed by atoms with Crippen molar-refractivity contribution in [1.82, 2.24) is 0 Å². The van der Waals surface area contributed by atoms with Crippen LogP contribution >= 0.6 is 0 Å². The number of esters is 4. The molecule has 0 aromatic heterocycles. The fourth-order valence-electron chi connectivity index (χ4n) is 2.73. The van der Waals surface area contributed by atoms with Crippen LogP contribution < -0.4 is 0 Å². The standard InChI is InChI=1S/C17H24O10/c1-6-7-17(22)16(26-12(5)21)15(25-11(4)20)14(24-10(3)19)13(27-17)8-23-9(2)18/h6,13-16,22H,1,7-8H2,2-5H3/t13-,14+,15+,16-,17+/m1/s1. The van der Waals surface area contributed by atoms with Gasteiger partial charge in [0.25, 0.3) is 0 Å². The molecule has 1 aliphatic heterocycles. The number of rotatable bonds is 7. The zero-order valence-corrected chi connectivity index (χ0v) is 15.6. The van der Waals surface area contributed by atoms with Crippen molar-refractivity contribution in [2.24, 2.45) is 0 Å².